The maximum atomic E-state index is 4.59. The average molecular weight is 494 g/mol. The van der Waals surface area contributed by atoms with Gasteiger partial charge in [0.1, 0.15) is 0 Å². The molecule has 2 atom stereocenters. The molecule has 2 aromatic heterocycles. The quantitative estimate of drug-likeness (QED) is 0.402. The molecule has 2 unspecified atom stereocenters. The Balaban J connectivity index is 0.00000225. The van der Waals surface area contributed by atoms with E-state index in [1.165, 1.54) is 25.7 Å². The van der Waals surface area contributed by atoms with Gasteiger partial charge in [0.25, 0.3) is 0 Å². The number of nitrogens with zero attached hydrogens (tertiary/aromatic N) is 5. The third-order valence-electron chi connectivity index (χ3n) is 5.97. The van der Waals surface area contributed by atoms with Gasteiger partial charge in [-0.15, -0.1) is 24.0 Å². The molecule has 0 radical (unpaired) electrons. The van der Waals surface area contributed by atoms with E-state index in [9.17, 15) is 0 Å². The van der Waals surface area contributed by atoms with E-state index in [4.69, 9.17) is 0 Å². The molecule has 1 aliphatic heterocycles. The number of hydrogen-bond acceptors (Lipinski definition) is 3. The maximum Gasteiger partial charge on any atom is 0.193 e. The number of hydrogen-bond donors (Lipinski definition) is 1. The first-order valence-electron chi connectivity index (χ1n) is 10.1. The van der Waals surface area contributed by atoms with Gasteiger partial charge in [-0.1, -0.05) is 18.9 Å². The molecule has 6 nitrogen and oxygen atoms in total. The Bertz CT molecular complexity index is 799. The normalized spacial score (nSPS) is 22.0. The van der Waals surface area contributed by atoms with Crippen molar-refractivity contribution in [2.75, 3.05) is 20.1 Å². The van der Waals surface area contributed by atoms with Crippen molar-refractivity contribution in [1.82, 2.24) is 25.0 Å². The van der Waals surface area contributed by atoms with Gasteiger partial charge in [0.05, 0.1) is 5.69 Å². The van der Waals surface area contributed by atoms with E-state index in [0.717, 1.165) is 60.2 Å². The van der Waals surface area contributed by atoms with Gasteiger partial charge in [-0.2, -0.15) is 5.10 Å². The minimum atomic E-state index is 0. The largest absolute Gasteiger partial charge is 0.352 e. The Morgan fingerprint density at radius 1 is 1.18 bits per heavy atom. The van der Waals surface area contributed by atoms with Gasteiger partial charge in [-0.3, -0.25) is 4.99 Å². The van der Waals surface area contributed by atoms with Crippen molar-refractivity contribution in [3.05, 3.63) is 41.3 Å². The molecule has 3 heterocycles. The molecule has 7 heteroatoms. The molecule has 2 aromatic rings. The standard InChI is InChI=1S/C21H30N6.HI/c1-15-10-16(2)27(25-15)20-9-8-17(11-23-20)12-24-21(22-3)26-13-18-6-4-5-7-19(18)14-26;/h8-11,18-19H,4-7,12-14H2,1-3H3,(H,22,24);1H. The van der Waals surface area contributed by atoms with E-state index in [2.05, 4.69) is 44.3 Å². The highest BCUT2D eigenvalue weighted by Gasteiger charge is 2.35. The van der Waals surface area contributed by atoms with Crippen molar-refractivity contribution >= 4 is 29.9 Å². The van der Waals surface area contributed by atoms with E-state index in [-0.39, 0.29) is 24.0 Å². The van der Waals surface area contributed by atoms with Gasteiger partial charge >= 0.3 is 0 Å². The summed E-state index contributed by atoms with van der Waals surface area (Å²) >= 11 is 0. The molecule has 2 fully saturated rings. The summed E-state index contributed by atoms with van der Waals surface area (Å²) in [6.07, 6.45) is 7.49. The Morgan fingerprint density at radius 2 is 1.89 bits per heavy atom. The van der Waals surface area contributed by atoms with Crippen LogP contribution < -0.4 is 5.32 Å². The lowest BCUT2D eigenvalue weighted by Gasteiger charge is -2.22. The number of likely N-dealkylation sites (tertiary alicyclic amines) is 1. The highest BCUT2D eigenvalue weighted by atomic mass is 127. The first kappa shape index (κ1) is 21.1. The second-order valence-corrected chi connectivity index (χ2v) is 7.97. The predicted molar refractivity (Wildman–Crippen MR) is 123 cm³/mol. The minimum Gasteiger partial charge on any atom is -0.352 e. The van der Waals surface area contributed by atoms with Crippen LogP contribution in [-0.2, 0) is 6.54 Å². The fourth-order valence-corrected chi connectivity index (χ4v) is 4.60. The summed E-state index contributed by atoms with van der Waals surface area (Å²) in [7, 11) is 1.88. The van der Waals surface area contributed by atoms with Crippen molar-refractivity contribution in [2.24, 2.45) is 16.8 Å². The van der Waals surface area contributed by atoms with Crippen molar-refractivity contribution in [3.63, 3.8) is 0 Å². The Hall–Kier alpha value is -1.64. The average Bonchev–Trinajstić information content (AvgIpc) is 3.25. The zero-order chi connectivity index (χ0) is 18.8. The first-order valence-corrected chi connectivity index (χ1v) is 10.1. The summed E-state index contributed by atoms with van der Waals surface area (Å²) in [5, 5.41) is 8.02. The van der Waals surface area contributed by atoms with Crippen LogP contribution in [0.25, 0.3) is 5.82 Å². The van der Waals surface area contributed by atoms with Crippen LogP contribution in [0.3, 0.4) is 0 Å². The fourth-order valence-electron chi connectivity index (χ4n) is 4.60. The summed E-state index contributed by atoms with van der Waals surface area (Å²) < 4.78 is 1.89. The lowest BCUT2D eigenvalue weighted by molar-refractivity contribution is 0.299. The summed E-state index contributed by atoms with van der Waals surface area (Å²) in [6.45, 7) is 7.10. The van der Waals surface area contributed by atoms with Crippen LogP contribution in [0.2, 0.25) is 0 Å². The molecular weight excluding hydrogens is 463 g/mol. The molecule has 1 saturated carbocycles. The molecule has 0 spiro atoms. The zero-order valence-electron chi connectivity index (χ0n) is 17.1. The molecule has 0 bridgehead atoms. The Labute approximate surface area is 184 Å². The Morgan fingerprint density at radius 3 is 2.43 bits per heavy atom. The first-order chi connectivity index (χ1) is 13.1. The predicted octanol–water partition coefficient (Wildman–Crippen LogP) is 3.70. The van der Waals surface area contributed by atoms with Crippen LogP contribution in [0, 0.1) is 25.7 Å². The monoisotopic (exact) mass is 494 g/mol. The number of aryl methyl sites for hydroxylation is 2. The van der Waals surface area contributed by atoms with E-state index in [0.29, 0.717) is 0 Å². The molecule has 0 amide bonds. The SMILES string of the molecule is CN=C(NCc1ccc(-n2nc(C)cc2C)nc1)N1CC2CCCCC2C1.I. The molecule has 1 saturated heterocycles. The van der Waals surface area contributed by atoms with E-state index in [1.54, 1.807) is 0 Å². The van der Waals surface area contributed by atoms with Gasteiger partial charge in [0.15, 0.2) is 11.8 Å². The van der Waals surface area contributed by atoms with Crippen LogP contribution in [0.5, 0.6) is 0 Å². The van der Waals surface area contributed by atoms with Crippen molar-refractivity contribution < 1.29 is 0 Å². The van der Waals surface area contributed by atoms with Crippen LogP contribution in [-0.4, -0.2) is 45.8 Å². The second kappa shape index (κ2) is 9.24. The van der Waals surface area contributed by atoms with E-state index >= 15 is 0 Å². The highest BCUT2D eigenvalue weighted by Crippen LogP contribution is 2.35. The van der Waals surface area contributed by atoms with Crippen LogP contribution in [0.4, 0.5) is 0 Å². The number of aromatic nitrogens is 3. The molecule has 28 heavy (non-hydrogen) atoms. The number of aliphatic imine (C=N–C) groups is 1. The van der Waals surface area contributed by atoms with Crippen molar-refractivity contribution in [2.45, 2.75) is 46.1 Å². The molecular formula is C21H31IN6. The van der Waals surface area contributed by atoms with Gasteiger partial charge < -0.3 is 10.2 Å². The Kier molecular flexibility index (Phi) is 6.95. The summed E-state index contributed by atoms with van der Waals surface area (Å²) in [4.78, 5) is 11.6. The van der Waals surface area contributed by atoms with Crippen LogP contribution in [0.15, 0.2) is 29.4 Å². The van der Waals surface area contributed by atoms with Gasteiger partial charge in [0.2, 0.25) is 0 Å². The number of guanidine groups is 1. The van der Waals surface area contributed by atoms with Gasteiger partial charge in [-0.25, -0.2) is 9.67 Å². The molecule has 4 rings (SSSR count). The third-order valence-corrected chi connectivity index (χ3v) is 5.97. The summed E-state index contributed by atoms with van der Waals surface area (Å²) in [5.74, 6) is 3.60. The van der Waals surface area contributed by atoms with Gasteiger partial charge in [0, 0.05) is 38.6 Å². The summed E-state index contributed by atoms with van der Waals surface area (Å²) in [5.41, 5.74) is 3.26. The van der Waals surface area contributed by atoms with Crippen molar-refractivity contribution in [1.29, 1.82) is 0 Å². The summed E-state index contributed by atoms with van der Waals surface area (Å²) in [6, 6.07) is 6.21. The fraction of sp³-hybridized carbons (Fsp3) is 0.571. The number of pyridine rings is 1. The highest BCUT2D eigenvalue weighted by molar-refractivity contribution is 14.0. The lowest BCUT2D eigenvalue weighted by Crippen LogP contribution is -2.39. The second-order valence-electron chi connectivity index (χ2n) is 7.97. The molecule has 2 aliphatic rings. The number of fused-ring (bicyclic) bond motifs is 1. The molecule has 0 aromatic carbocycles. The minimum absolute atomic E-state index is 0. The topological polar surface area (TPSA) is 58.3 Å². The molecule has 1 aliphatic carbocycles. The van der Waals surface area contributed by atoms with Crippen LogP contribution >= 0.6 is 24.0 Å². The number of nitrogens with one attached hydrogen (secondary N) is 1. The molecule has 1 N–H and O–H groups in total. The lowest BCUT2D eigenvalue weighted by atomic mass is 9.82. The van der Waals surface area contributed by atoms with Gasteiger partial charge in [-0.05, 0) is 56.2 Å². The smallest absolute Gasteiger partial charge is 0.193 e. The van der Waals surface area contributed by atoms with E-state index < -0.39 is 0 Å². The van der Waals surface area contributed by atoms with Crippen molar-refractivity contribution in [3.8, 4) is 5.82 Å². The van der Waals surface area contributed by atoms with Crippen LogP contribution in [0.1, 0.15) is 42.6 Å². The third kappa shape index (κ3) is 4.50. The zero-order valence-corrected chi connectivity index (χ0v) is 19.4. The van der Waals surface area contributed by atoms with E-state index in [1.807, 2.05) is 30.9 Å². The molecule has 152 valence electrons. The number of rotatable bonds is 3. The maximum absolute atomic E-state index is 4.59. The number of halogens is 1.